The second-order valence-corrected chi connectivity index (χ2v) is 2.25. The fourth-order valence-corrected chi connectivity index (χ4v) is 0.428. The summed E-state index contributed by atoms with van der Waals surface area (Å²) in [5.41, 5.74) is 0. The van der Waals surface area contributed by atoms with Gasteiger partial charge in [-0.3, -0.25) is 4.79 Å². The van der Waals surface area contributed by atoms with Gasteiger partial charge in [-0.05, 0) is 0 Å². The maximum atomic E-state index is 11.4. The number of alkyl halides is 3. The molecule has 0 aliphatic heterocycles. The number of carbonyl (C=O) groups is 1. The molecule has 12 heavy (non-hydrogen) atoms. The minimum Gasteiger partial charge on any atom is -0.321 e. The minimum atomic E-state index is -5.01. The molecule has 0 rings (SSSR count). The van der Waals surface area contributed by atoms with Crippen LogP contribution in [0.1, 0.15) is 0 Å². The Balaban J connectivity index is 3.66. The SMILES string of the molecule is O=C(NCO[P+](=O)O)C(F)(F)F. The number of nitrogens with one attached hydrogen (secondary N) is 1. The molecule has 0 aromatic heterocycles. The van der Waals surface area contributed by atoms with Crippen LogP contribution in [0.4, 0.5) is 13.2 Å². The zero-order valence-corrected chi connectivity index (χ0v) is 6.35. The van der Waals surface area contributed by atoms with Crippen LogP contribution in [0.25, 0.3) is 0 Å². The second kappa shape index (κ2) is 4.34. The average molecular weight is 206 g/mol. The van der Waals surface area contributed by atoms with Gasteiger partial charge in [0.25, 0.3) is 0 Å². The highest BCUT2D eigenvalue weighted by molar-refractivity contribution is 7.32. The van der Waals surface area contributed by atoms with E-state index in [4.69, 9.17) is 4.89 Å². The van der Waals surface area contributed by atoms with Gasteiger partial charge in [-0.15, -0.1) is 4.89 Å². The molecule has 0 aliphatic rings. The number of rotatable bonds is 3. The summed E-state index contributed by atoms with van der Waals surface area (Å²) in [5, 5.41) is 1.22. The molecule has 0 aliphatic carbocycles. The molecular weight excluding hydrogens is 202 g/mol. The molecule has 1 atom stereocenters. The van der Waals surface area contributed by atoms with Gasteiger partial charge in [0, 0.05) is 4.57 Å². The molecule has 1 unspecified atom stereocenters. The van der Waals surface area contributed by atoms with Crippen LogP contribution in [0, 0.1) is 0 Å². The van der Waals surface area contributed by atoms with Gasteiger partial charge >= 0.3 is 20.3 Å². The fourth-order valence-electron chi connectivity index (χ4n) is 0.253. The van der Waals surface area contributed by atoms with Gasteiger partial charge in [0.05, 0.1) is 0 Å². The van der Waals surface area contributed by atoms with Crippen LogP contribution < -0.4 is 5.32 Å². The zero-order chi connectivity index (χ0) is 9.78. The van der Waals surface area contributed by atoms with E-state index in [1.54, 1.807) is 0 Å². The molecular formula is C3H4F3NO4P+. The van der Waals surface area contributed by atoms with Crippen LogP contribution in [0.2, 0.25) is 0 Å². The highest BCUT2D eigenvalue weighted by atomic mass is 31.1. The highest BCUT2D eigenvalue weighted by Crippen LogP contribution is 2.15. The van der Waals surface area contributed by atoms with Crippen molar-refractivity contribution in [3.05, 3.63) is 0 Å². The van der Waals surface area contributed by atoms with Crippen molar-refractivity contribution in [2.45, 2.75) is 6.18 Å². The molecule has 0 fully saturated rings. The van der Waals surface area contributed by atoms with E-state index in [1.165, 1.54) is 5.32 Å². The monoisotopic (exact) mass is 206 g/mol. The topological polar surface area (TPSA) is 75.6 Å². The van der Waals surface area contributed by atoms with E-state index < -0.39 is 27.1 Å². The van der Waals surface area contributed by atoms with Crippen molar-refractivity contribution in [1.82, 2.24) is 5.32 Å². The van der Waals surface area contributed by atoms with Crippen molar-refractivity contribution in [3.63, 3.8) is 0 Å². The molecule has 2 N–H and O–H groups in total. The minimum absolute atomic E-state index is 0.954. The summed E-state index contributed by atoms with van der Waals surface area (Å²) >= 11 is 0. The van der Waals surface area contributed by atoms with Crippen LogP contribution in [0.15, 0.2) is 0 Å². The molecule has 0 bridgehead atoms. The maximum Gasteiger partial charge on any atom is 0.696 e. The predicted molar refractivity (Wildman–Crippen MR) is 30.0 cm³/mol. The summed E-state index contributed by atoms with van der Waals surface area (Å²) in [7, 11) is -3.00. The van der Waals surface area contributed by atoms with Gasteiger partial charge < -0.3 is 5.32 Å². The van der Waals surface area contributed by atoms with E-state index in [2.05, 4.69) is 4.52 Å². The number of carbonyl (C=O) groups excluding carboxylic acids is 1. The fraction of sp³-hybridized carbons (Fsp3) is 0.667. The van der Waals surface area contributed by atoms with Gasteiger partial charge in [0.15, 0.2) is 6.73 Å². The molecule has 0 aromatic rings. The third kappa shape index (κ3) is 5.00. The summed E-state index contributed by atoms with van der Waals surface area (Å²) < 4.78 is 47.6. The average Bonchev–Trinajstić information content (AvgIpc) is 1.84. The third-order valence-corrected chi connectivity index (χ3v) is 1.02. The third-order valence-electron chi connectivity index (χ3n) is 0.665. The lowest BCUT2D eigenvalue weighted by molar-refractivity contribution is -0.174. The normalized spacial score (nSPS) is 12.5. The van der Waals surface area contributed by atoms with Crippen molar-refractivity contribution in [1.29, 1.82) is 0 Å². The first-order valence-corrected chi connectivity index (χ1v) is 3.61. The number of amides is 1. The second-order valence-electron chi connectivity index (χ2n) is 1.51. The van der Waals surface area contributed by atoms with E-state index in [0.29, 0.717) is 0 Å². The standard InChI is InChI=1S/C3H3F3NO4P/c4-3(5,6)2(8)7-1-11-12(9)10/h1H2,(H-,7,8,9,10)/p+1. The number of halogens is 3. The Bertz CT molecular complexity index is 192. The largest absolute Gasteiger partial charge is 0.696 e. The summed E-state index contributed by atoms with van der Waals surface area (Å²) in [6, 6.07) is 0. The predicted octanol–water partition coefficient (Wildman–Crippen LogP) is 0.289. The van der Waals surface area contributed by atoms with E-state index >= 15 is 0 Å². The molecule has 0 spiro atoms. The van der Waals surface area contributed by atoms with Crippen molar-refractivity contribution in [3.8, 4) is 0 Å². The van der Waals surface area contributed by atoms with E-state index in [-0.39, 0.29) is 0 Å². The molecule has 0 heterocycles. The first-order valence-electron chi connectivity index (χ1n) is 2.48. The molecule has 0 saturated heterocycles. The number of hydrogen-bond acceptors (Lipinski definition) is 3. The summed E-state index contributed by atoms with van der Waals surface area (Å²) in [5.74, 6) is -2.22. The lowest BCUT2D eigenvalue weighted by atomic mass is 10.6. The van der Waals surface area contributed by atoms with Crippen molar-refractivity contribution < 1.29 is 31.9 Å². The van der Waals surface area contributed by atoms with Crippen LogP contribution in [0.5, 0.6) is 0 Å². The maximum absolute atomic E-state index is 11.4. The van der Waals surface area contributed by atoms with E-state index in [9.17, 15) is 22.5 Å². The Hall–Kier alpha value is -0.720. The zero-order valence-electron chi connectivity index (χ0n) is 5.46. The van der Waals surface area contributed by atoms with Crippen LogP contribution in [-0.4, -0.2) is 23.7 Å². The van der Waals surface area contributed by atoms with E-state index in [0.717, 1.165) is 0 Å². The summed E-state index contributed by atoms with van der Waals surface area (Å²) in [4.78, 5) is 17.9. The highest BCUT2D eigenvalue weighted by Gasteiger charge is 2.38. The van der Waals surface area contributed by atoms with Gasteiger partial charge in [-0.25, -0.2) is 0 Å². The molecule has 0 saturated carbocycles. The first kappa shape index (κ1) is 11.3. The van der Waals surface area contributed by atoms with Crippen molar-refractivity contribution in [2.75, 3.05) is 6.73 Å². The molecule has 9 heteroatoms. The Morgan fingerprint density at radius 2 is 2.08 bits per heavy atom. The van der Waals surface area contributed by atoms with Gasteiger partial charge in [-0.1, -0.05) is 4.52 Å². The summed E-state index contributed by atoms with van der Waals surface area (Å²) in [6.45, 7) is -0.954. The smallest absolute Gasteiger partial charge is 0.321 e. The van der Waals surface area contributed by atoms with Crippen LogP contribution >= 0.6 is 8.25 Å². The number of hydrogen-bond donors (Lipinski definition) is 2. The van der Waals surface area contributed by atoms with Crippen LogP contribution in [-0.2, 0) is 13.9 Å². The quantitative estimate of drug-likeness (QED) is 0.514. The molecule has 0 radical (unpaired) electrons. The van der Waals surface area contributed by atoms with Crippen molar-refractivity contribution >= 4 is 14.2 Å². The van der Waals surface area contributed by atoms with Crippen LogP contribution in [0.3, 0.4) is 0 Å². The van der Waals surface area contributed by atoms with Gasteiger partial charge in [0.2, 0.25) is 0 Å². The van der Waals surface area contributed by atoms with Crippen molar-refractivity contribution in [2.24, 2.45) is 0 Å². The van der Waals surface area contributed by atoms with Gasteiger partial charge in [0.1, 0.15) is 0 Å². The Morgan fingerprint density at radius 1 is 1.58 bits per heavy atom. The lowest BCUT2D eigenvalue weighted by Gasteiger charge is -2.03. The molecule has 1 amide bonds. The van der Waals surface area contributed by atoms with Gasteiger partial charge in [-0.2, -0.15) is 13.2 Å². The Kier molecular flexibility index (Phi) is 4.08. The molecule has 0 aromatic carbocycles. The first-order chi connectivity index (χ1) is 5.34. The molecule has 5 nitrogen and oxygen atoms in total. The summed E-state index contributed by atoms with van der Waals surface area (Å²) in [6.07, 6.45) is -5.01. The Morgan fingerprint density at radius 3 is 2.42 bits per heavy atom. The molecule has 70 valence electrons. The lowest BCUT2D eigenvalue weighted by Crippen LogP contribution is -2.37. The Labute approximate surface area is 65.5 Å². The van der Waals surface area contributed by atoms with E-state index in [1.807, 2.05) is 0 Å².